The Labute approximate surface area is 151 Å². The van der Waals surface area contributed by atoms with Gasteiger partial charge in [0.05, 0.1) is 12.2 Å². The van der Waals surface area contributed by atoms with Crippen molar-refractivity contribution in [3.8, 4) is 0 Å². The van der Waals surface area contributed by atoms with Crippen LogP contribution in [0.1, 0.15) is 98.3 Å². The minimum absolute atomic E-state index is 0.244. The van der Waals surface area contributed by atoms with Gasteiger partial charge in [0.2, 0.25) is 0 Å². The topological polar surface area (TPSA) is 21.3 Å². The van der Waals surface area contributed by atoms with Gasteiger partial charge < -0.3 is 10.1 Å². The summed E-state index contributed by atoms with van der Waals surface area (Å²) < 4.78 is 6.34. The van der Waals surface area contributed by atoms with Crippen molar-refractivity contribution in [1.29, 1.82) is 0 Å². The molecule has 0 aromatic carbocycles. The Balaban J connectivity index is 1.55. The third kappa shape index (κ3) is 6.33. The molecule has 0 amide bonds. The van der Waals surface area contributed by atoms with Crippen molar-refractivity contribution in [2.75, 3.05) is 19.7 Å². The Bertz CT molecular complexity index is 338. The van der Waals surface area contributed by atoms with Crippen molar-refractivity contribution in [1.82, 2.24) is 5.32 Å². The lowest BCUT2D eigenvalue weighted by Gasteiger charge is -2.41. The van der Waals surface area contributed by atoms with Gasteiger partial charge in [-0.2, -0.15) is 0 Å². The Hall–Kier alpha value is -0.0800. The summed E-state index contributed by atoms with van der Waals surface area (Å²) in [5.41, 5.74) is 0.715. The summed E-state index contributed by atoms with van der Waals surface area (Å²) in [6.45, 7) is 12.8. The molecule has 2 rings (SSSR count). The molecule has 2 fully saturated rings. The van der Waals surface area contributed by atoms with Crippen LogP contribution in [0.2, 0.25) is 0 Å². The van der Waals surface area contributed by atoms with E-state index in [1.807, 2.05) is 0 Å². The van der Waals surface area contributed by atoms with Crippen LogP contribution in [0.15, 0.2) is 0 Å². The molecule has 1 atom stereocenters. The second-order valence-corrected chi connectivity index (χ2v) is 9.68. The zero-order valence-corrected chi connectivity index (χ0v) is 17.0. The first kappa shape index (κ1) is 20.2. The maximum atomic E-state index is 6.34. The Morgan fingerprint density at radius 2 is 1.67 bits per heavy atom. The van der Waals surface area contributed by atoms with Crippen LogP contribution in [0.25, 0.3) is 0 Å². The van der Waals surface area contributed by atoms with Gasteiger partial charge in [0, 0.05) is 6.54 Å². The first-order valence-electron chi connectivity index (χ1n) is 10.8. The molecule has 2 aliphatic rings. The van der Waals surface area contributed by atoms with Gasteiger partial charge in [-0.25, -0.2) is 0 Å². The molecule has 2 heteroatoms. The Kier molecular flexibility index (Phi) is 8.07. The quantitative estimate of drug-likeness (QED) is 0.525. The first-order valence-corrected chi connectivity index (χ1v) is 10.8. The van der Waals surface area contributed by atoms with E-state index in [9.17, 15) is 0 Å². The third-order valence-corrected chi connectivity index (χ3v) is 6.55. The molecule has 24 heavy (non-hydrogen) atoms. The van der Waals surface area contributed by atoms with Gasteiger partial charge in [0.15, 0.2) is 0 Å². The van der Waals surface area contributed by atoms with Crippen LogP contribution >= 0.6 is 0 Å². The molecular weight excluding hydrogens is 294 g/mol. The van der Waals surface area contributed by atoms with E-state index in [4.69, 9.17) is 4.74 Å². The summed E-state index contributed by atoms with van der Waals surface area (Å²) in [5.74, 6) is 1.63. The lowest BCUT2D eigenvalue weighted by Crippen LogP contribution is -2.37. The summed E-state index contributed by atoms with van der Waals surface area (Å²) in [5, 5.41) is 3.69. The second kappa shape index (κ2) is 9.57. The van der Waals surface area contributed by atoms with Gasteiger partial charge in [-0.15, -0.1) is 0 Å². The van der Waals surface area contributed by atoms with Crippen molar-refractivity contribution in [2.45, 2.75) is 104 Å². The number of ether oxygens (including phenoxy) is 1. The summed E-state index contributed by atoms with van der Waals surface area (Å²) >= 11 is 0. The summed E-state index contributed by atoms with van der Waals surface area (Å²) in [4.78, 5) is 0. The molecule has 1 heterocycles. The maximum absolute atomic E-state index is 6.34. The zero-order chi connectivity index (χ0) is 17.5. The SMILES string of the molecule is CCCCCCCCNCC1COC2(CCC(C(C)(C)C)CC2)C1. The van der Waals surface area contributed by atoms with Crippen LogP contribution in [0.5, 0.6) is 0 Å². The lowest BCUT2D eigenvalue weighted by atomic mass is 9.67. The first-order chi connectivity index (χ1) is 11.5. The van der Waals surface area contributed by atoms with Crippen molar-refractivity contribution < 1.29 is 4.74 Å². The summed E-state index contributed by atoms with van der Waals surface area (Å²) in [6, 6.07) is 0. The average Bonchev–Trinajstić information content (AvgIpc) is 2.92. The van der Waals surface area contributed by atoms with E-state index >= 15 is 0 Å². The van der Waals surface area contributed by atoms with E-state index in [0.29, 0.717) is 5.41 Å². The molecule has 1 aliphatic heterocycles. The van der Waals surface area contributed by atoms with Gasteiger partial charge in [0.1, 0.15) is 0 Å². The van der Waals surface area contributed by atoms with Crippen LogP contribution < -0.4 is 5.32 Å². The van der Waals surface area contributed by atoms with E-state index in [2.05, 4.69) is 33.0 Å². The molecule has 1 spiro atoms. The zero-order valence-electron chi connectivity index (χ0n) is 17.0. The van der Waals surface area contributed by atoms with E-state index < -0.39 is 0 Å². The molecule has 2 nitrogen and oxygen atoms in total. The van der Waals surface area contributed by atoms with Crippen molar-refractivity contribution >= 4 is 0 Å². The highest BCUT2D eigenvalue weighted by atomic mass is 16.5. The molecule has 0 aromatic rings. The number of nitrogens with one attached hydrogen (secondary N) is 1. The predicted molar refractivity (Wildman–Crippen MR) is 104 cm³/mol. The molecule has 1 aliphatic carbocycles. The largest absolute Gasteiger partial charge is 0.375 e. The monoisotopic (exact) mass is 337 g/mol. The molecule has 1 N–H and O–H groups in total. The Morgan fingerprint density at radius 1 is 1.00 bits per heavy atom. The number of rotatable bonds is 9. The highest BCUT2D eigenvalue weighted by Gasteiger charge is 2.44. The molecule has 0 bridgehead atoms. The van der Waals surface area contributed by atoms with Crippen molar-refractivity contribution in [3.63, 3.8) is 0 Å². The molecular formula is C22H43NO. The molecule has 1 saturated carbocycles. The fraction of sp³-hybridized carbons (Fsp3) is 1.00. The minimum Gasteiger partial charge on any atom is -0.375 e. The van der Waals surface area contributed by atoms with Crippen LogP contribution in [0.4, 0.5) is 0 Å². The number of hydrogen-bond acceptors (Lipinski definition) is 2. The standard InChI is InChI=1S/C22H43NO/c1-5-6-7-8-9-10-15-23-17-19-16-22(24-18-19)13-11-20(12-14-22)21(2,3)4/h19-20,23H,5-18H2,1-4H3. The predicted octanol–water partition coefficient (Wildman–Crippen LogP) is 5.95. The molecule has 142 valence electrons. The maximum Gasteiger partial charge on any atom is 0.0686 e. The van der Waals surface area contributed by atoms with Crippen molar-refractivity contribution in [3.05, 3.63) is 0 Å². The van der Waals surface area contributed by atoms with E-state index in [-0.39, 0.29) is 5.60 Å². The molecule has 1 unspecified atom stereocenters. The molecule has 1 saturated heterocycles. The van der Waals surface area contributed by atoms with Crippen LogP contribution in [0.3, 0.4) is 0 Å². The van der Waals surface area contributed by atoms with Gasteiger partial charge >= 0.3 is 0 Å². The number of hydrogen-bond donors (Lipinski definition) is 1. The fourth-order valence-electron chi connectivity index (χ4n) is 4.76. The summed E-state index contributed by atoms with van der Waals surface area (Å²) in [6.07, 6.45) is 14.9. The van der Waals surface area contributed by atoms with Crippen molar-refractivity contribution in [2.24, 2.45) is 17.3 Å². The van der Waals surface area contributed by atoms with Gasteiger partial charge in [0.25, 0.3) is 0 Å². The molecule has 0 radical (unpaired) electrons. The smallest absolute Gasteiger partial charge is 0.0686 e. The van der Waals surface area contributed by atoms with Crippen LogP contribution in [-0.4, -0.2) is 25.3 Å². The third-order valence-electron chi connectivity index (χ3n) is 6.55. The van der Waals surface area contributed by atoms with Crippen LogP contribution in [0, 0.1) is 17.3 Å². The van der Waals surface area contributed by atoms with Gasteiger partial charge in [-0.05, 0) is 62.3 Å². The normalized spacial score (nSPS) is 31.0. The lowest BCUT2D eigenvalue weighted by molar-refractivity contribution is -0.0466. The average molecular weight is 338 g/mol. The summed E-state index contributed by atoms with van der Waals surface area (Å²) in [7, 11) is 0. The highest BCUT2D eigenvalue weighted by Crippen LogP contribution is 2.47. The number of unbranched alkanes of at least 4 members (excludes halogenated alkanes) is 5. The van der Waals surface area contributed by atoms with Gasteiger partial charge in [-0.1, -0.05) is 59.8 Å². The van der Waals surface area contributed by atoms with E-state index in [0.717, 1.165) is 18.4 Å². The van der Waals surface area contributed by atoms with Gasteiger partial charge in [-0.3, -0.25) is 0 Å². The second-order valence-electron chi connectivity index (χ2n) is 9.68. The Morgan fingerprint density at radius 3 is 2.33 bits per heavy atom. The highest BCUT2D eigenvalue weighted by molar-refractivity contribution is 4.95. The van der Waals surface area contributed by atoms with E-state index in [1.54, 1.807) is 0 Å². The molecule has 0 aromatic heterocycles. The minimum atomic E-state index is 0.244. The van der Waals surface area contributed by atoms with E-state index in [1.165, 1.54) is 83.7 Å². The van der Waals surface area contributed by atoms with Crippen LogP contribution in [-0.2, 0) is 4.74 Å². The fourth-order valence-corrected chi connectivity index (χ4v) is 4.76.